The van der Waals surface area contributed by atoms with Gasteiger partial charge in [0.25, 0.3) is 0 Å². The Bertz CT molecular complexity index is 2110. The number of aryl methyl sites for hydroxylation is 2. The van der Waals surface area contributed by atoms with Crippen LogP contribution in [-0.2, 0) is 10.0 Å². The molecule has 0 radical (unpaired) electrons. The van der Waals surface area contributed by atoms with Gasteiger partial charge in [0.15, 0.2) is 0 Å². The highest BCUT2D eigenvalue weighted by Gasteiger charge is 2.32. The fourth-order valence-electron chi connectivity index (χ4n) is 5.40. The zero-order valence-corrected chi connectivity index (χ0v) is 28.3. The number of benzene rings is 3. The molecule has 0 amide bonds. The first kappa shape index (κ1) is 37.2. The van der Waals surface area contributed by atoms with Crippen LogP contribution < -0.4 is 24.8 Å². The third-order valence-electron chi connectivity index (χ3n) is 7.56. The van der Waals surface area contributed by atoms with Gasteiger partial charge in [-0.15, -0.1) is 26.3 Å². The van der Waals surface area contributed by atoms with Crippen molar-refractivity contribution in [1.29, 1.82) is 0 Å². The molecule has 0 unspecified atom stereocenters. The van der Waals surface area contributed by atoms with Gasteiger partial charge in [-0.3, -0.25) is 9.97 Å². The molecular formula is C34H33F6N5O5S. The molecule has 0 aliphatic heterocycles. The van der Waals surface area contributed by atoms with Crippen molar-refractivity contribution in [3.63, 3.8) is 0 Å². The minimum absolute atomic E-state index is 0.0170. The minimum atomic E-state index is -4.89. The van der Waals surface area contributed by atoms with Crippen LogP contribution >= 0.6 is 0 Å². The van der Waals surface area contributed by atoms with E-state index in [0.29, 0.717) is 50.3 Å². The van der Waals surface area contributed by atoms with Crippen molar-refractivity contribution in [2.45, 2.75) is 37.9 Å². The molecule has 5 aromatic rings. The fraction of sp³-hybridized carbons (Fsp3) is 0.294. The first-order valence-electron chi connectivity index (χ1n) is 15.5. The van der Waals surface area contributed by atoms with Crippen molar-refractivity contribution in [2.75, 3.05) is 43.9 Å². The van der Waals surface area contributed by atoms with Gasteiger partial charge in [0, 0.05) is 59.7 Å². The molecule has 0 atom stereocenters. The highest BCUT2D eigenvalue weighted by Crippen LogP contribution is 2.32. The van der Waals surface area contributed by atoms with Crippen molar-refractivity contribution >= 4 is 43.2 Å². The van der Waals surface area contributed by atoms with Gasteiger partial charge in [0.2, 0.25) is 10.0 Å². The van der Waals surface area contributed by atoms with Crippen LogP contribution in [0.15, 0.2) is 77.7 Å². The number of methoxy groups -OCH3 is 1. The summed E-state index contributed by atoms with van der Waals surface area (Å²) >= 11 is 0. The molecule has 272 valence electrons. The molecule has 2 heterocycles. The van der Waals surface area contributed by atoms with E-state index in [-0.39, 0.29) is 37.5 Å². The molecule has 3 aromatic carbocycles. The number of hydrogen-bond acceptors (Lipinski definition) is 9. The fourth-order valence-corrected chi connectivity index (χ4v) is 6.88. The Morgan fingerprint density at radius 2 is 1.14 bits per heavy atom. The molecule has 0 saturated carbocycles. The number of pyridine rings is 2. The van der Waals surface area contributed by atoms with E-state index in [0.717, 1.165) is 6.07 Å². The molecule has 0 fully saturated rings. The zero-order valence-electron chi connectivity index (χ0n) is 27.5. The van der Waals surface area contributed by atoms with Gasteiger partial charge in [0.1, 0.15) is 17.2 Å². The Labute approximate surface area is 289 Å². The topological polar surface area (TPSA) is 115 Å². The molecule has 10 nitrogen and oxygen atoms in total. The van der Waals surface area contributed by atoms with Gasteiger partial charge in [0.05, 0.1) is 23.0 Å². The summed E-state index contributed by atoms with van der Waals surface area (Å²) in [5, 5.41) is 7.05. The number of ether oxygens (including phenoxy) is 3. The summed E-state index contributed by atoms with van der Waals surface area (Å²) in [5.41, 5.74) is 2.97. The number of rotatable bonds is 14. The standard InChI is InChI=1S/C34H33F6N5O5S/c1-21-17-31(27-19-24(49-33(35,36)37)7-11-29(27)43-21)41-13-4-15-45(51(46,47)26-9-5-23(48-3)6-10-26)16-14-42-32-18-22(2)44-30-12-8-25(20-28(30)32)50-34(38,39)40/h5-12,17-20H,4,13-16H2,1-3H3,(H,41,43)(H,42,44). The summed E-state index contributed by atoms with van der Waals surface area (Å²) in [5.74, 6) is -0.376. The van der Waals surface area contributed by atoms with Gasteiger partial charge in [-0.2, -0.15) is 4.31 Å². The lowest BCUT2D eigenvalue weighted by atomic mass is 10.1. The molecule has 0 spiro atoms. The Hall–Kier alpha value is -5.03. The summed E-state index contributed by atoms with van der Waals surface area (Å²) in [4.78, 5) is 8.76. The highest BCUT2D eigenvalue weighted by atomic mass is 32.2. The number of sulfonamides is 1. The van der Waals surface area contributed by atoms with E-state index in [1.54, 1.807) is 26.0 Å². The Balaban J connectivity index is 1.34. The van der Waals surface area contributed by atoms with Crippen molar-refractivity contribution in [3.05, 3.63) is 84.2 Å². The normalized spacial score (nSPS) is 12.4. The predicted octanol–water partition coefficient (Wildman–Crippen LogP) is 7.81. The van der Waals surface area contributed by atoms with Crippen LogP contribution in [0.4, 0.5) is 37.7 Å². The molecule has 2 N–H and O–H groups in total. The summed E-state index contributed by atoms with van der Waals surface area (Å²) in [6.07, 6.45) is -9.48. The van der Waals surface area contributed by atoms with E-state index < -0.39 is 34.2 Å². The molecule has 0 aliphatic carbocycles. The van der Waals surface area contributed by atoms with Crippen LogP contribution in [0.5, 0.6) is 17.2 Å². The van der Waals surface area contributed by atoms with Gasteiger partial charge < -0.3 is 24.8 Å². The van der Waals surface area contributed by atoms with Crippen LogP contribution in [0.2, 0.25) is 0 Å². The quantitative estimate of drug-likeness (QED) is 0.0870. The van der Waals surface area contributed by atoms with E-state index in [1.807, 2.05) is 0 Å². The Kier molecular flexibility index (Phi) is 11.0. The van der Waals surface area contributed by atoms with Crippen LogP contribution in [0.3, 0.4) is 0 Å². The molecule has 2 aromatic heterocycles. The Morgan fingerprint density at radius 3 is 1.61 bits per heavy atom. The molecule has 0 saturated heterocycles. The lowest BCUT2D eigenvalue weighted by molar-refractivity contribution is -0.275. The largest absolute Gasteiger partial charge is 0.573 e. The lowest BCUT2D eigenvalue weighted by Gasteiger charge is -2.23. The third-order valence-corrected chi connectivity index (χ3v) is 9.47. The van der Waals surface area contributed by atoms with Gasteiger partial charge >= 0.3 is 12.7 Å². The van der Waals surface area contributed by atoms with Crippen molar-refractivity contribution in [3.8, 4) is 17.2 Å². The maximum absolute atomic E-state index is 13.8. The monoisotopic (exact) mass is 737 g/mol. The van der Waals surface area contributed by atoms with Crippen molar-refractivity contribution < 1.29 is 49.0 Å². The molecular weight excluding hydrogens is 704 g/mol. The summed E-state index contributed by atoms with van der Waals surface area (Å²) in [7, 11) is -2.59. The second kappa shape index (κ2) is 15.1. The Morgan fingerprint density at radius 1 is 0.667 bits per heavy atom. The number of halogens is 6. The van der Waals surface area contributed by atoms with Crippen LogP contribution in [0, 0.1) is 13.8 Å². The van der Waals surface area contributed by atoms with Crippen molar-refractivity contribution in [2.24, 2.45) is 0 Å². The van der Waals surface area contributed by atoms with Crippen molar-refractivity contribution in [1.82, 2.24) is 14.3 Å². The average Bonchev–Trinajstić information content (AvgIpc) is 3.04. The third kappa shape index (κ3) is 9.82. The number of hydrogen-bond donors (Lipinski definition) is 2. The van der Waals surface area contributed by atoms with E-state index in [4.69, 9.17) is 4.74 Å². The number of fused-ring (bicyclic) bond motifs is 2. The van der Waals surface area contributed by atoms with Gasteiger partial charge in [-0.05, 0) is 93.1 Å². The second-order valence-electron chi connectivity index (χ2n) is 11.4. The maximum atomic E-state index is 13.8. The smallest absolute Gasteiger partial charge is 0.497 e. The number of anilines is 2. The minimum Gasteiger partial charge on any atom is -0.497 e. The summed E-state index contributed by atoms with van der Waals surface area (Å²) < 4.78 is 120. The lowest BCUT2D eigenvalue weighted by Crippen LogP contribution is -2.36. The zero-order chi connectivity index (χ0) is 37.0. The number of nitrogens with one attached hydrogen (secondary N) is 2. The SMILES string of the molecule is COc1ccc(S(=O)(=O)N(CCCNc2cc(C)nc3ccc(OC(F)(F)F)cc23)CCNc2cc(C)nc3ccc(OC(F)(F)F)cc23)cc1. The van der Waals surface area contributed by atoms with E-state index in [1.165, 1.54) is 66.0 Å². The van der Waals surface area contributed by atoms with Crippen LogP contribution in [-0.4, -0.2) is 68.7 Å². The molecule has 17 heteroatoms. The van der Waals surface area contributed by atoms with E-state index in [9.17, 15) is 34.8 Å². The predicted molar refractivity (Wildman–Crippen MR) is 180 cm³/mol. The maximum Gasteiger partial charge on any atom is 0.573 e. The second-order valence-corrected chi connectivity index (χ2v) is 13.3. The number of aromatic nitrogens is 2. The number of nitrogens with zero attached hydrogens (tertiary/aromatic N) is 3. The van der Waals surface area contributed by atoms with Gasteiger partial charge in [-0.1, -0.05) is 0 Å². The summed E-state index contributed by atoms with van der Waals surface area (Å²) in [6, 6.07) is 16.8. The van der Waals surface area contributed by atoms with E-state index in [2.05, 4.69) is 30.1 Å². The molecule has 5 rings (SSSR count). The molecule has 51 heavy (non-hydrogen) atoms. The first-order chi connectivity index (χ1) is 24.0. The molecule has 0 aliphatic rings. The molecule has 0 bridgehead atoms. The van der Waals surface area contributed by atoms with Gasteiger partial charge in [-0.25, -0.2) is 8.42 Å². The number of alkyl halides is 6. The first-order valence-corrected chi connectivity index (χ1v) is 16.9. The van der Waals surface area contributed by atoms with Crippen LogP contribution in [0.25, 0.3) is 21.8 Å². The average molecular weight is 738 g/mol. The van der Waals surface area contributed by atoms with Crippen LogP contribution in [0.1, 0.15) is 17.8 Å². The summed E-state index contributed by atoms with van der Waals surface area (Å²) in [6.45, 7) is 3.76. The van der Waals surface area contributed by atoms with E-state index >= 15 is 0 Å². The highest BCUT2D eigenvalue weighted by molar-refractivity contribution is 7.89.